The first kappa shape index (κ1) is 21.8. The first-order valence-electron chi connectivity index (χ1n) is 10.7. The lowest BCUT2D eigenvalue weighted by atomic mass is 10.1. The number of ether oxygens (including phenoxy) is 1. The van der Waals surface area contributed by atoms with Gasteiger partial charge in [0, 0.05) is 22.6 Å². The summed E-state index contributed by atoms with van der Waals surface area (Å²) in [5, 5.41) is 13.2. The van der Waals surface area contributed by atoms with E-state index in [0.29, 0.717) is 23.3 Å². The average molecular weight is 487 g/mol. The maximum atomic E-state index is 13.5. The summed E-state index contributed by atoms with van der Waals surface area (Å²) in [5.74, 6) is -1.06. The quantitative estimate of drug-likeness (QED) is 0.369. The van der Waals surface area contributed by atoms with E-state index in [1.165, 1.54) is 28.0 Å². The van der Waals surface area contributed by atoms with E-state index in [9.17, 15) is 14.9 Å². The monoisotopic (exact) mass is 486 g/mol. The topological polar surface area (TPSA) is 97.9 Å². The van der Waals surface area contributed by atoms with Gasteiger partial charge < -0.3 is 4.74 Å². The molecule has 0 spiro atoms. The van der Waals surface area contributed by atoms with E-state index in [-0.39, 0.29) is 23.2 Å². The van der Waals surface area contributed by atoms with Gasteiger partial charge in [0.25, 0.3) is 5.56 Å². The molecular weight excluding hydrogens is 464 g/mol. The molecule has 0 bridgehead atoms. The molecule has 4 heterocycles. The molecule has 1 aliphatic heterocycles. The number of carbonyl (C=O) groups is 1. The molecule has 166 valence electrons. The maximum absolute atomic E-state index is 13.5. The van der Waals surface area contributed by atoms with Crippen LogP contribution in [0.15, 0.2) is 15.3 Å². The lowest BCUT2D eigenvalue weighted by molar-refractivity contribution is -0.116. The molecule has 0 N–H and O–H groups in total. The van der Waals surface area contributed by atoms with Crippen molar-refractivity contribution in [2.75, 3.05) is 12.4 Å². The highest BCUT2D eigenvalue weighted by atomic mass is 32.2. The Hall–Kier alpha value is -2.06. The molecule has 3 aromatic heterocycles. The van der Waals surface area contributed by atoms with Crippen LogP contribution in [-0.4, -0.2) is 38.8 Å². The van der Waals surface area contributed by atoms with Crippen LogP contribution in [0.5, 0.6) is 0 Å². The molecule has 1 aliphatic carbocycles. The highest BCUT2D eigenvalue weighted by Crippen LogP contribution is 2.36. The van der Waals surface area contributed by atoms with Crippen LogP contribution in [-0.2, 0) is 28.9 Å². The Morgan fingerprint density at radius 1 is 1.41 bits per heavy atom. The first-order chi connectivity index (χ1) is 15.5. The smallest absolute Gasteiger partial charge is 0.263 e. The normalized spacial score (nSPS) is 18.7. The van der Waals surface area contributed by atoms with Gasteiger partial charge in [-0.2, -0.15) is 5.26 Å². The van der Waals surface area contributed by atoms with Crippen LogP contribution in [0, 0.1) is 18.3 Å². The molecule has 0 radical (unpaired) electrons. The lowest BCUT2D eigenvalue weighted by Crippen LogP contribution is -2.29. The maximum Gasteiger partial charge on any atom is 0.263 e. The lowest BCUT2D eigenvalue weighted by Gasteiger charge is -2.16. The molecule has 0 amide bonds. The summed E-state index contributed by atoms with van der Waals surface area (Å²) in [7, 11) is 0. The molecule has 32 heavy (non-hydrogen) atoms. The van der Waals surface area contributed by atoms with Gasteiger partial charge in [-0.05, 0) is 44.6 Å². The zero-order valence-corrected chi connectivity index (χ0v) is 20.1. The van der Waals surface area contributed by atoms with Crippen LogP contribution in [0.25, 0.3) is 10.2 Å². The van der Waals surface area contributed by atoms with Crippen molar-refractivity contribution in [3.63, 3.8) is 0 Å². The summed E-state index contributed by atoms with van der Waals surface area (Å²) in [4.78, 5) is 37.5. The number of hydrogen-bond donors (Lipinski definition) is 0. The number of rotatable bonds is 7. The second-order valence-corrected chi connectivity index (χ2v) is 11.0. The largest absolute Gasteiger partial charge is 0.376 e. The van der Waals surface area contributed by atoms with E-state index in [0.717, 1.165) is 53.6 Å². The fourth-order valence-electron chi connectivity index (χ4n) is 4.31. The van der Waals surface area contributed by atoms with Gasteiger partial charge in [0.2, 0.25) is 0 Å². The number of hydrogen-bond acceptors (Lipinski definition) is 9. The minimum absolute atomic E-state index is 0.0150. The van der Waals surface area contributed by atoms with Gasteiger partial charge in [0.05, 0.1) is 29.9 Å². The molecule has 3 aromatic rings. The molecule has 2 aliphatic rings. The predicted molar refractivity (Wildman–Crippen MR) is 126 cm³/mol. The molecule has 7 nitrogen and oxygen atoms in total. The van der Waals surface area contributed by atoms with Crippen LogP contribution in [0.3, 0.4) is 0 Å². The molecule has 5 rings (SSSR count). The molecule has 1 saturated heterocycles. The third-order valence-corrected chi connectivity index (χ3v) is 9.09. The van der Waals surface area contributed by atoms with Crippen LogP contribution < -0.4 is 5.56 Å². The first-order valence-corrected chi connectivity index (χ1v) is 13.4. The summed E-state index contributed by atoms with van der Waals surface area (Å²) in [6.45, 7) is 2.99. The van der Waals surface area contributed by atoms with Gasteiger partial charge >= 0.3 is 0 Å². The number of aromatic nitrogens is 3. The Morgan fingerprint density at radius 3 is 3.00 bits per heavy atom. The highest BCUT2D eigenvalue weighted by molar-refractivity contribution is 7.99. The Labute approximate surface area is 197 Å². The summed E-state index contributed by atoms with van der Waals surface area (Å²) in [5.41, 5.74) is 1.92. The fourth-order valence-corrected chi connectivity index (χ4v) is 7.39. The number of nitrogens with zero attached hydrogens (tertiary/aromatic N) is 4. The SMILES string of the molecule is Cc1csc([C@@H](C#N)C(=O)CSc2nc3sc4c(c3c(=O)n2C[C@H]2CCCO2)CCC4)n1. The second kappa shape index (κ2) is 9.06. The molecule has 10 heteroatoms. The summed E-state index contributed by atoms with van der Waals surface area (Å²) < 4.78 is 7.47. The third kappa shape index (κ3) is 4.03. The Kier molecular flexibility index (Phi) is 6.16. The Balaban J connectivity index is 1.46. The van der Waals surface area contributed by atoms with Gasteiger partial charge in [0.15, 0.2) is 16.9 Å². The molecule has 1 fully saturated rings. The van der Waals surface area contributed by atoms with Crippen molar-refractivity contribution in [3.8, 4) is 6.07 Å². The van der Waals surface area contributed by atoms with Crippen LogP contribution >= 0.6 is 34.4 Å². The van der Waals surface area contributed by atoms with Gasteiger partial charge in [-0.25, -0.2) is 9.97 Å². The van der Waals surface area contributed by atoms with Crippen molar-refractivity contribution in [1.29, 1.82) is 5.26 Å². The number of nitriles is 1. The van der Waals surface area contributed by atoms with E-state index in [1.54, 1.807) is 15.9 Å². The van der Waals surface area contributed by atoms with Crippen molar-refractivity contribution in [2.24, 2.45) is 0 Å². The van der Waals surface area contributed by atoms with Crippen molar-refractivity contribution in [3.05, 3.63) is 36.9 Å². The summed E-state index contributed by atoms with van der Waals surface area (Å²) in [6.07, 6.45) is 4.89. The van der Waals surface area contributed by atoms with Crippen molar-refractivity contribution >= 4 is 50.4 Å². The van der Waals surface area contributed by atoms with E-state index in [4.69, 9.17) is 9.72 Å². The number of aryl methyl sites for hydroxylation is 3. The van der Waals surface area contributed by atoms with E-state index >= 15 is 0 Å². The summed E-state index contributed by atoms with van der Waals surface area (Å²) in [6, 6.07) is 2.09. The highest BCUT2D eigenvalue weighted by Gasteiger charge is 2.27. The third-order valence-electron chi connectivity index (χ3n) is 5.88. The van der Waals surface area contributed by atoms with Crippen molar-refractivity contribution in [1.82, 2.24) is 14.5 Å². The predicted octanol–water partition coefficient (Wildman–Crippen LogP) is 3.86. The number of thiophene rings is 1. The molecule has 0 aromatic carbocycles. The number of thioether (sulfide) groups is 1. The molecule has 2 atom stereocenters. The fraction of sp³-hybridized carbons (Fsp3) is 0.500. The second-order valence-electron chi connectivity index (χ2n) is 8.13. The number of thiazole rings is 1. The average Bonchev–Trinajstić information content (AvgIpc) is 3.55. The minimum atomic E-state index is -0.895. The van der Waals surface area contributed by atoms with E-state index in [1.807, 2.05) is 12.3 Å². The number of fused-ring (bicyclic) bond motifs is 3. The van der Waals surface area contributed by atoms with Crippen molar-refractivity contribution in [2.45, 2.75) is 62.8 Å². The van der Waals surface area contributed by atoms with Gasteiger partial charge in [0.1, 0.15) is 9.84 Å². The molecular formula is C22H22N4O3S3. The summed E-state index contributed by atoms with van der Waals surface area (Å²) >= 11 is 4.15. The van der Waals surface area contributed by atoms with E-state index in [2.05, 4.69) is 11.1 Å². The van der Waals surface area contributed by atoms with Gasteiger partial charge in [-0.1, -0.05) is 11.8 Å². The zero-order valence-electron chi connectivity index (χ0n) is 17.6. The van der Waals surface area contributed by atoms with Crippen LogP contribution in [0.4, 0.5) is 0 Å². The van der Waals surface area contributed by atoms with E-state index < -0.39 is 5.92 Å². The zero-order chi connectivity index (χ0) is 22.2. The molecule has 0 unspecified atom stereocenters. The van der Waals surface area contributed by atoms with Gasteiger partial charge in [-0.3, -0.25) is 14.2 Å². The van der Waals surface area contributed by atoms with Crippen molar-refractivity contribution < 1.29 is 9.53 Å². The number of Topliss-reactive ketones (excluding diaryl/α,β-unsaturated/α-hetero) is 1. The molecule has 0 saturated carbocycles. The number of carbonyl (C=O) groups excluding carboxylic acids is 1. The van der Waals surface area contributed by atoms with Crippen LogP contribution in [0.2, 0.25) is 0 Å². The van der Waals surface area contributed by atoms with Gasteiger partial charge in [-0.15, -0.1) is 22.7 Å². The Bertz CT molecular complexity index is 1280. The van der Waals surface area contributed by atoms with Crippen LogP contribution in [0.1, 0.15) is 46.3 Å². The number of ketones is 1. The Morgan fingerprint density at radius 2 is 2.28 bits per heavy atom. The standard InChI is InChI=1S/C22H22N4O3S3/c1-12-10-30-19(24-12)15(8-23)16(27)11-31-22-25-20-18(14-5-2-6-17(14)32-20)21(28)26(22)9-13-4-3-7-29-13/h10,13,15H,2-7,9,11H2,1H3/t13-,15+/m1/s1. The minimum Gasteiger partial charge on any atom is -0.376 e.